The molecule has 2 heterocycles. The summed E-state index contributed by atoms with van der Waals surface area (Å²) in [6.45, 7) is 3.96. The van der Waals surface area contributed by atoms with Crippen LogP contribution in [0.15, 0.2) is 29.3 Å². The Kier molecular flexibility index (Phi) is 5.46. The summed E-state index contributed by atoms with van der Waals surface area (Å²) in [5.74, 6) is 0.966. The van der Waals surface area contributed by atoms with Gasteiger partial charge in [-0.25, -0.2) is 0 Å². The van der Waals surface area contributed by atoms with Crippen LogP contribution in [0.4, 0.5) is 5.69 Å². The van der Waals surface area contributed by atoms with E-state index in [1.807, 2.05) is 17.0 Å². The number of amidine groups is 1. The number of para-hydroxylation sites is 1. The number of likely N-dealkylation sites (tertiary alicyclic amines) is 1. The minimum Gasteiger partial charge on any atom is -0.342 e. The van der Waals surface area contributed by atoms with E-state index < -0.39 is 0 Å². The van der Waals surface area contributed by atoms with Crippen LogP contribution in [0.3, 0.4) is 0 Å². The summed E-state index contributed by atoms with van der Waals surface area (Å²) in [7, 11) is 0. The monoisotopic (exact) mass is 365 g/mol. The van der Waals surface area contributed by atoms with Gasteiger partial charge in [-0.05, 0) is 30.9 Å². The van der Waals surface area contributed by atoms with Crippen LogP contribution in [0.25, 0.3) is 0 Å². The molecule has 0 atom stereocenters. The summed E-state index contributed by atoms with van der Waals surface area (Å²) in [5, 5.41) is 1.05. The van der Waals surface area contributed by atoms with Crippen LogP contribution in [0.1, 0.15) is 19.8 Å². The number of thioether (sulfide) groups is 1. The number of benzene rings is 1. The van der Waals surface area contributed by atoms with E-state index in [0.717, 1.165) is 25.9 Å². The van der Waals surface area contributed by atoms with Gasteiger partial charge in [0.1, 0.15) is 6.54 Å². The van der Waals surface area contributed by atoms with Crippen molar-refractivity contribution in [1.82, 2.24) is 4.90 Å². The maximum absolute atomic E-state index is 12.4. The fourth-order valence-corrected chi connectivity index (χ4v) is 3.98. The lowest BCUT2D eigenvalue weighted by molar-refractivity contribution is -0.129. The Morgan fingerprint density at radius 3 is 2.75 bits per heavy atom. The summed E-state index contributed by atoms with van der Waals surface area (Å²) in [4.78, 5) is 32.2. The summed E-state index contributed by atoms with van der Waals surface area (Å²) in [5.41, 5.74) is 0.618. The summed E-state index contributed by atoms with van der Waals surface area (Å²) in [6.07, 6.45) is 2.11. The molecule has 0 saturated carbocycles. The number of carbonyl (C=O) groups excluding carboxylic acids is 2. The average Bonchev–Trinajstić information content (AvgIpc) is 2.94. The Morgan fingerprint density at radius 2 is 2.04 bits per heavy atom. The van der Waals surface area contributed by atoms with Crippen molar-refractivity contribution in [2.45, 2.75) is 19.8 Å². The molecular weight excluding hydrogens is 346 g/mol. The van der Waals surface area contributed by atoms with Crippen molar-refractivity contribution in [2.24, 2.45) is 10.9 Å². The molecule has 2 aliphatic heterocycles. The molecule has 3 rings (SSSR count). The van der Waals surface area contributed by atoms with Gasteiger partial charge in [-0.3, -0.25) is 19.5 Å². The van der Waals surface area contributed by atoms with Crippen molar-refractivity contribution in [3.05, 3.63) is 29.3 Å². The number of carbonyl (C=O) groups is 2. The molecule has 2 aliphatic rings. The summed E-state index contributed by atoms with van der Waals surface area (Å²) >= 11 is 7.51. The predicted molar refractivity (Wildman–Crippen MR) is 98.7 cm³/mol. The quantitative estimate of drug-likeness (QED) is 0.827. The van der Waals surface area contributed by atoms with Crippen molar-refractivity contribution < 1.29 is 9.59 Å². The van der Waals surface area contributed by atoms with Gasteiger partial charge < -0.3 is 4.90 Å². The Balaban J connectivity index is 1.63. The molecular formula is C17H20ClN3O2S. The van der Waals surface area contributed by atoms with Gasteiger partial charge in [0, 0.05) is 13.1 Å². The molecule has 0 aliphatic carbocycles. The molecule has 1 saturated heterocycles. The number of piperidine rings is 1. The second-order valence-electron chi connectivity index (χ2n) is 6.13. The van der Waals surface area contributed by atoms with E-state index in [0.29, 0.717) is 27.5 Å². The molecule has 128 valence electrons. The van der Waals surface area contributed by atoms with Crippen LogP contribution in [-0.2, 0) is 9.59 Å². The van der Waals surface area contributed by atoms with Gasteiger partial charge in [0.05, 0.1) is 16.5 Å². The van der Waals surface area contributed by atoms with Gasteiger partial charge in [0.25, 0.3) is 5.91 Å². The number of amides is 2. The van der Waals surface area contributed by atoms with Crippen LogP contribution >= 0.6 is 23.4 Å². The molecule has 0 spiro atoms. The third-order valence-corrected chi connectivity index (χ3v) is 5.63. The third kappa shape index (κ3) is 3.75. The number of halogens is 1. The number of hydrogen-bond acceptors (Lipinski definition) is 4. The lowest BCUT2D eigenvalue weighted by atomic mass is 9.99. The van der Waals surface area contributed by atoms with E-state index in [9.17, 15) is 9.59 Å². The first-order chi connectivity index (χ1) is 11.6. The molecule has 1 fully saturated rings. The minimum atomic E-state index is -0.121. The fraction of sp³-hybridized carbons (Fsp3) is 0.471. The first-order valence-corrected chi connectivity index (χ1v) is 9.45. The summed E-state index contributed by atoms with van der Waals surface area (Å²) in [6, 6.07) is 7.17. The topological polar surface area (TPSA) is 53.0 Å². The smallest absolute Gasteiger partial charge is 0.254 e. The molecule has 0 unspecified atom stereocenters. The van der Waals surface area contributed by atoms with Crippen LogP contribution in [0, 0.1) is 5.92 Å². The zero-order valence-corrected chi connectivity index (χ0v) is 15.1. The lowest BCUT2D eigenvalue weighted by Gasteiger charge is -2.30. The van der Waals surface area contributed by atoms with Crippen LogP contribution in [0.5, 0.6) is 0 Å². The van der Waals surface area contributed by atoms with Gasteiger partial charge in [0.2, 0.25) is 5.91 Å². The van der Waals surface area contributed by atoms with Crippen LogP contribution in [0.2, 0.25) is 5.02 Å². The number of hydrogen-bond donors (Lipinski definition) is 0. The van der Waals surface area contributed by atoms with Gasteiger partial charge in [-0.1, -0.05) is 42.4 Å². The van der Waals surface area contributed by atoms with Gasteiger partial charge >= 0.3 is 0 Å². The average molecular weight is 366 g/mol. The van der Waals surface area contributed by atoms with Crippen molar-refractivity contribution >= 4 is 46.0 Å². The lowest BCUT2D eigenvalue weighted by Crippen LogP contribution is -2.39. The number of anilines is 1. The number of aliphatic imine (C=N–C) groups is 1. The van der Waals surface area contributed by atoms with Gasteiger partial charge in [-0.15, -0.1) is 0 Å². The highest BCUT2D eigenvalue weighted by atomic mass is 35.5. The molecule has 7 heteroatoms. The van der Waals surface area contributed by atoms with Crippen molar-refractivity contribution in [2.75, 3.05) is 30.3 Å². The molecule has 2 amide bonds. The third-order valence-electron chi connectivity index (χ3n) is 4.34. The summed E-state index contributed by atoms with van der Waals surface area (Å²) < 4.78 is 0. The van der Waals surface area contributed by atoms with Gasteiger partial charge in [0.15, 0.2) is 5.17 Å². The molecule has 0 aromatic heterocycles. The van der Waals surface area contributed by atoms with Crippen molar-refractivity contribution in [3.63, 3.8) is 0 Å². The molecule has 24 heavy (non-hydrogen) atoms. The highest BCUT2D eigenvalue weighted by molar-refractivity contribution is 8.14. The SMILES string of the molecule is CC1CCN(C(=O)CSC2=NCC(=O)N2c2ccccc2Cl)CC1. The van der Waals surface area contributed by atoms with E-state index in [4.69, 9.17) is 11.6 Å². The van der Waals surface area contributed by atoms with E-state index in [-0.39, 0.29) is 18.4 Å². The highest BCUT2D eigenvalue weighted by Crippen LogP contribution is 2.30. The van der Waals surface area contributed by atoms with Crippen LogP contribution in [-0.4, -0.2) is 47.3 Å². The maximum Gasteiger partial charge on any atom is 0.254 e. The van der Waals surface area contributed by atoms with E-state index in [1.54, 1.807) is 12.1 Å². The first-order valence-electron chi connectivity index (χ1n) is 8.09. The second kappa shape index (κ2) is 7.57. The van der Waals surface area contributed by atoms with E-state index in [2.05, 4.69) is 11.9 Å². The molecule has 5 nitrogen and oxygen atoms in total. The van der Waals surface area contributed by atoms with E-state index >= 15 is 0 Å². The number of nitrogens with zero attached hydrogens (tertiary/aromatic N) is 3. The molecule has 1 aromatic carbocycles. The zero-order valence-electron chi connectivity index (χ0n) is 13.6. The zero-order chi connectivity index (χ0) is 17.1. The molecule has 0 N–H and O–H groups in total. The van der Waals surface area contributed by atoms with Crippen molar-refractivity contribution in [3.8, 4) is 0 Å². The normalized spacial score (nSPS) is 18.9. The highest BCUT2D eigenvalue weighted by Gasteiger charge is 2.30. The van der Waals surface area contributed by atoms with Crippen LogP contribution < -0.4 is 4.90 Å². The van der Waals surface area contributed by atoms with E-state index in [1.165, 1.54) is 16.7 Å². The van der Waals surface area contributed by atoms with Gasteiger partial charge in [-0.2, -0.15) is 0 Å². The minimum absolute atomic E-state index is 0.100. The Morgan fingerprint density at radius 1 is 1.33 bits per heavy atom. The Labute approximate surface area is 151 Å². The number of rotatable bonds is 3. The van der Waals surface area contributed by atoms with Crippen molar-refractivity contribution in [1.29, 1.82) is 0 Å². The predicted octanol–water partition coefficient (Wildman–Crippen LogP) is 3.03. The molecule has 0 bridgehead atoms. The fourth-order valence-electron chi connectivity index (χ4n) is 2.84. The molecule has 1 aromatic rings. The Bertz CT molecular complexity index is 672. The maximum atomic E-state index is 12.4. The molecule has 0 radical (unpaired) electrons. The first kappa shape index (κ1) is 17.3. The standard InChI is InChI=1S/C17H20ClN3O2S/c1-12-6-8-20(9-7-12)16(23)11-24-17-19-10-15(22)21(17)14-5-3-2-4-13(14)18/h2-5,12H,6-11H2,1H3. The largest absolute Gasteiger partial charge is 0.342 e. The second-order valence-corrected chi connectivity index (χ2v) is 7.48. The Hall–Kier alpha value is -1.53.